The van der Waals surface area contributed by atoms with Gasteiger partial charge in [0.1, 0.15) is 5.69 Å². The lowest BCUT2D eigenvalue weighted by Crippen LogP contribution is -2.01. The van der Waals surface area contributed by atoms with E-state index < -0.39 is 0 Å². The molecule has 0 amide bonds. The largest absolute Gasteiger partial charge is 0.355 e. The van der Waals surface area contributed by atoms with Crippen molar-refractivity contribution in [2.24, 2.45) is 0 Å². The van der Waals surface area contributed by atoms with Crippen molar-refractivity contribution in [2.75, 3.05) is 0 Å². The van der Waals surface area contributed by atoms with Gasteiger partial charge in [0.15, 0.2) is 11.5 Å². The lowest BCUT2D eigenvalue weighted by Gasteiger charge is -2.10. The molecule has 2 aromatic carbocycles. The van der Waals surface area contributed by atoms with Crippen LogP contribution in [0.25, 0.3) is 39.3 Å². The van der Waals surface area contributed by atoms with Gasteiger partial charge in [0.2, 0.25) is 0 Å². The minimum absolute atomic E-state index is 0.0744. The summed E-state index contributed by atoms with van der Waals surface area (Å²) >= 11 is 6.14. The fraction of sp³-hybridized carbons (Fsp3) is 0. The van der Waals surface area contributed by atoms with Crippen molar-refractivity contribution in [3.05, 3.63) is 83.1 Å². The highest BCUT2D eigenvalue weighted by atomic mass is 35.5. The average Bonchev–Trinajstić information content (AvgIpc) is 3.45. The summed E-state index contributed by atoms with van der Waals surface area (Å²) in [6.07, 6.45) is 3.25. The number of fused-ring (bicyclic) bond motifs is 4. The third-order valence-electron chi connectivity index (χ3n) is 5.12. The van der Waals surface area contributed by atoms with Gasteiger partial charge in [-0.25, -0.2) is 4.68 Å². The van der Waals surface area contributed by atoms with E-state index >= 15 is 0 Å². The van der Waals surface area contributed by atoms with E-state index in [4.69, 9.17) is 21.2 Å². The molecule has 0 aliphatic heterocycles. The normalized spacial score (nSPS) is 12.4. The molecule has 3 aromatic heterocycles. The van der Waals surface area contributed by atoms with Crippen LogP contribution >= 0.6 is 11.6 Å². The van der Waals surface area contributed by atoms with Gasteiger partial charge in [0.25, 0.3) is 0 Å². The van der Waals surface area contributed by atoms with Crippen LogP contribution in [0.2, 0.25) is 5.02 Å². The monoisotopic (exact) mass is 398 g/mol. The Balaban J connectivity index is 1.73. The highest BCUT2D eigenvalue weighted by molar-refractivity contribution is 6.31. The fourth-order valence-corrected chi connectivity index (χ4v) is 4.05. The van der Waals surface area contributed by atoms with Gasteiger partial charge >= 0.3 is 0 Å². The molecule has 0 unspecified atom stereocenters. The van der Waals surface area contributed by atoms with Crippen LogP contribution in [0.5, 0.6) is 0 Å². The number of hydrogen-bond donors (Lipinski definition) is 0. The van der Waals surface area contributed by atoms with Crippen LogP contribution in [0, 0.1) is 0 Å². The second kappa shape index (κ2) is 5.86. The van der Waals surface area contributed by atoms with Crippen molar-refractivity contribution in [2.45, 2.75) is 0 Å². The van der Waals surface area contributed by atoms with Gasteiger partial charge < -0.3 is 4.52 Å². The van der Waals surface area contributed by atoms with Gasteiger partial charge in [0, 0.05) is 33.8 Å². The van der Waals surface area contributed by atoms with E-state index in [9.17, 15) is 4.79 Å². The van der Waals surface area contributed by atoms with Crippen molar-refractivity contribution < 1.29 is 9.32 Å². The topological polar surface area (TPSA) is 73.8 Å². The Morgan fingerprint density at radius 2 is 1.83 bits per heavy atom. The molecule has 0 saturated heterocycles. The number of pyridine rings is 1. The number of hydrogen-bond acceptors (Lipinski definition) is 5. The highest BCUT2D eigenvalue weighted by Crippen LogP contribution is 2.43. The van der Waals surface area contributed by atoms with Crippen LogP contribution in [0.4, 0.5) is 0 Å². The Bertz CT molecular complexity index is 1440. The summed E-state index contributed by atoms with van der Waals surface area (Å²) in [7, 11) is 0. The van der Waals surface area contributed by atoms with Crippen molar-refractivity contribution in [3.8, 4) is 28.4 Å². The van der Waals surface area contributed by atoms with E-state index in [2.05, 4.69) is 10.1 Å². The lowest BCUT2D eigenvalue weighted by atomic mass is 10.1. The molecular weight excluding hydrogens is 388 g/mol. The van der Waals surface area contributed by atoms with Gasteiger partial charge in [-0.05, 0) is 24.3 Å². The Labute approximate surface area is 169 Å². The summed E-state index contributed by atoms with van der Waals surface area (Å²) in [6.45, 7) is 0. The Kier molecular flexibility index (Phi) is 3.28. The fourth-order valence-electron chi connectivity index (χ4n) is 3.88. The van der Waals surface area contributed by atoms with Crippen LogP contribution < -0.4 is 0 Å². The maximum atomic E-state index is 13.2. The molecule has 0 saturated carbocycles. The molecule has 138 valence electrons. The standard InChI is InChI=1S/C22H11ClN4O2/c23-12-5-6-15-16(11-12)24-9-7-17(15)27-21-13-3-1-2-4-14(13)22(28)19(21)20(26-27)18-8-10-25-29-18/h1-11H. The third kappa shape index (κ3) is 2.23. The van der Waals surface area contributed by atoms with Gasteiger partial charge in [-0.15, -0.1) is 0 Å². The molecule has 5 aromatic rings. The van der Waals surface area contributed by atoms with Gasteiger partial charge in [-0.2, -0.15) is 5.10 Å². The molecule has 1 aliphatic carbocycles. The number of carbonyl (C=O) groups excluding carboxylic acids is 1. The minimum atomic E-state index is -0.0744. The first-order valence-corrected chi connectivity index (χ1v) is 9.33. The zero-order chi connectivity index (χ0) is 19.5. The molecule has 0 fully saturated rings. The minimum Gasteiger partial charge on any atom is -0.355 e. The zero-order valence-electron chi connectivity index (χ0n) is 14.8. The van der Waals surface area contributed by atoms with E-state index in [-0.39, 0.29) is 5.78 Å². The van der Waals surface area contributed by atoms with Crippen LogP contribution in [0.3, 0.4) is 0 Å². The first-order chi connectivity index (χ1) is 14.2. The summed E-state index contributed by atoms with van der Waals surface area (Å²) in [6, 6.07) is 16.6. The average molecular weight is 399 g/mol. The van der Waals surface area contributed by atoms with Gasteiger partial charge in [-0.1, -0.05) is 41.0 Å². The van der Waals surface area contributed by atoms with Crippen LogP contribution in [-0.2, 0) is 0 Å². The van der Waals surface area contributed by atoms with Gasteiger partial charge in [0.05, 0.1) is 28.7 Å². The molecule has 0 radical (unpaired) electrons. The molecule has 3 heterocycles. The van der Waals surface area contributed by atoms with Crippen LogP contribution in [0.15, 0.2) is 71.5 Å². The first-order valence-electron chi connectivity index (χ1n) is 8.95. The quantitative estimate of drug-likeness (QED) is 0.413. The van der Waals surface area contributed by atoms with E-state index in [1.54, 1.807) is 23.0 Å². The number of nitrogens with zero attached hydrogens (tertiary/aromatic N) is 4. The summed E-state index contributed by atoms with van der Waals surface area (Å²) in [5.74, 6) is 0.372. The number of rotatable bonds is 2. The summed E-state index contributed by atoms with van der Waals surface area (Å²) in [4.78, 5) is 17.6. The Morgan fingerprint density at radius 1 is 0.966 bits per heavy atom. The second-order valence-corrected chi connectivity index (χ2v) is 7.16. The molecule has 7 heteroatoms. The summed E-state index contributed by atoms with van der Waals surface area (Å²) in [5, 5.41) is 10.0. The van der Waals surface area contributed by atoms with Crippen molar-refractivity contribution >= 4 is 28.3 Å². The molecule has 0 spiro atoms. The molecule has 0 bridgehead atoms. The molecule has 6 nitrogen and oxygen atoms in total. The van der Waals surface area contributed by atoms with Gasteiger partial charge in [-0.3, -0.25) is 9.78 Å². The number of halogens is 1. The molecule has 6 rings (SSSR count). The van der Waals surface area contributed by atoms with Crippen LogP contribution in [0.1, 0.15) is 15.9 Å². The molecule has 29 heavy (non-hydrogen) atoms. The maximum Gasteiger partial charge on any atom is 0.198 e. The van der Waals surface area contributed by atoms with E-state index in [0.29, 0.717) is 27.6 Å². The lowest BCUT2D eigenvalue weighted by molar-refractivity contribution is 0.104. The van der Waals surface area contributed by atoms with Crippen molar-refractivity contribution in [1.29, 1.82) is 0 Å². The Morgan fingerprint density at radius 3 is 2.66 bits per heavy atom. The smallest absolute Gasteiger partial charge is 0.198 e. The van der Waals surface area contributed by atoms with E-state index in [1.807, 2.05) is 42.5 Å². The molecule has 0 N–H and O–H groups in total. The number of aromatic nitrogens is 4. The summed E-state index contributed by atoms with van der Waals surface area (Å²) in [5.41, 5.74) is 4.76. The van der Waals surface area contributed by atoms with E-state index in [1.165, 1.54) is 6.20 Å². The van der Waals surface area contributed by atoms with Crippen molar-refractivity contribution in [1.82, 2.24) is 19.9 Å². The van der Waals surface area contributed by atoms with E-state index in [0.717, 1.165) is 27.8 Å². The highest BCUT2D eigenvalue weighted by Gasteiger charge is 2.36. The molecular formula is C22H11ClN4O2. The zero-order valence-corrected chi connectivity index (χ0v) is 15.6. The predicted octanol–water partition coefficient (Wildman–Crippen LogP) is 4.94. The van der Waals surface area contributed by atoms with Crippen molar-refractivity contribution in [3.63, 3.8) is 0 Å². The number of benzene rings is 2. The first kappa shape index (κ1) is 16.2. The summed E-state index contributed by atoms with van der Waals surface area (Å²) < 4.78 is 7.12. The third-order valence-corrected chi connectivity index (χ3v) is 5.36. The molecule has 0 atom stereocenters. The van der Waals surface area contributed by atoms with Crippen LogP contribution in [-0.4, -0.2) is 25.7 Å². The SMILES string of the molecule is O=C1c2ccccc2-c2c1c(-c1ccno1)nn2-c1ccnc2cc(Cl)ccc12. The predicted molar refractivity (Wildman–Crippen MR) is 108 cm³/mol. The maximum absolute atomic E-state index is 13.2. The molecule has 1 aliphatic rings. The number of carbonyl (C=O) groups is 1. The number of ketones is 1. The second-order valence-electron chi connectivity index (χ2n) is 6.73. The Hall–Kier alpha value is -3.77.